The van der Waals surface area contributed by atoms with E-state index in [2.05, 4.69) is 15.9 Å². The number of halogens is 1. The molecule has 0 bridgehead atoms. The van der Waals surface area contributed by atoms with Crippen LogP contribution in [0, 0.1) is 6.92 Å². The largest absolute Gasteiger partial charge is 0.491 e. The molecule has 0 aliphatic carbocycles. The van der Waals surface area contributed by atoms with Crippen molar-refractivity contribution in [2.24, 2.45) is 0 Å². The average Bonchev–Trinajstić information content (AvgIpc) is 2.71. The van der Waals surface area contributed by atoms with Gasteiger partial charge in [-0.05, 0) is 30.7 Å². The molecule has 0 unspecified atom stereocenters. The molecule has 0 saturated carbocycles. The maximum atomic E-state index is 12.8. The smallest absolute Gasteiger partial charge is 0.254 e. The molecule has 0 atom stereocenters. The lowest BCUT2D eigenvalue weighted by molar-refractivity contribution is 0.0732. The summed E-state index contributed by atoms with van der Waals surface area (Å²) in [6, 6.07) is 13.7. The first-order valence-corrected chi connectivity index (χ1v) is 7.70. The first kappa shape index (κ1) is 14.1. The van der Waals surface area contributed by atoms with Crippen molar-refractivity contribution in [2.45, 2.75) is 13.5 Å². The number of benzene rings is 2. The monoisotopic (exact) mass is 345 g/mol. The van der Waals surface area contributed by atoms with Crippen molar-refractivity contribution in [2.75, 3.05) is 13.2 Å². The fraction of sp³-hybridized carbons (Fsp3) is 0.235. The van der Waals surface area contributed by atoms with E-state index >= 15 is 0 Å². The van der Waals surface area contributed by atoms with Gasteiger partial charge < -0.3 is 9.64 Å². The lowest BCUT2D eigenvalue weighted by Crippen LogP contribution is -2.32. The zero-order valence-electron chi connectivity index (χ0n) is 11.8. The molecule has 1 aliphatic rings. The lowest BCUT2D eigenvalue weighted by atomic mass is 10.1. The third kappa shape index (κ3) is 2.95. The third-order valence-corrected chi connectivity index (χ3v) is 4.16. The first-order valence-electron chi connectivity index (χ1n) is 6.91. The number of ether oxygens (including phenoxy) is 1. The topological polar surface area (TPSA) is 29.5 Å². The van der Waals surface area contributed by atoms with E-state index in [4.69, 9.17) is 4.74 Å². The van der Waals surface area contributed by atoms with Gasteiger partial charge in [-0.3, -0.25) is 4.79 Å². The highest BCUT2D eigenvalue weighted by Crippen LogP contribution is 2.24. The maximum Gasteiger partial charge on any atom is 0.254 e. The third-order valence-electron chi connectivity index (χ3n) is 3.67. The van der Waals surface area contributed by atoms with Crippen molar-refractivity contribution in [3.8, 4) is 5.75 Å². The van der Waals surface area contributed by atoms with E-state index in [-0.39, 0.29) is 5.91 Å². The highest BCUT2D eigenvalue weighted by molar-refractivity contribution is 9.10. The van der Waals surface area contributed by atoms with Gasteiger partial charge in [0.2, 0.25) is 0 Å². The van der Waals surface area contributed by atoms with Crippen molar-refractivity contribution in [3.05, 3.63) is 63.6 Å². The van der Waals surface area contributed by atoms with Gasteiger partial charge in [0.15, 0.2) is 0 Å². The molecule has 0 aromatic heterocycles. The number of aryl methyl sites for hydroxylation is 1. The van der Waals surface area contributed by atoms with Gasteiger partial charge in [0.05, 0.1) is 6.54 Å². The Bertz CT molecular complexity index is 684. The first-order chi connectivity index (χ1) is 10.1. The Balaban J connectivity index is 1.90. The van der Waals surface area contributed by atoms with E-state index in [1.54, 1.807) is 0 Å². The summed E-state index contributed by atoms with van der Waals surface area (Å²) in [7, 11) is 0. The SMILES string of the molecule is Cc1ccc(Br)cc1C(=O)N1CCOc2ccccc2C1. The van der Waals surface area contributed by atoms with Crippen LogP contribution in [0.15, 0.2) is 46.9 Å². The Morgan fingerprint density at radius 3 is 2.90 bits per heavy atom. The number of rotatable bonds is 1. The van der Waals surface area contributed by atoms with Crippen LogP contribution >= 0.6 is 15.9 Å². The fourth-order valence-corrected chi connectivity index (χ4v) is 2.86. The van der Waals surface area contributed by atoms with Crippen molar-refractivity contribution in [3.63, 3.8) is 0 Å². The summed E-state index contributed by atoms with van der Waals surface area (Å²) in [6.07, 6.45) is 0. The number of carbonyl (C=O) groups is 1. The van der Waals surface area contributed by atoms with E-state index in [9.17, 15) is 4.79 Å². The second kappa shape index (κ2) is 5.90. The number of nitrogens with zero attached hydrogens (tertiary/aromatic N) is 1. The van der Waals surface area contributed by atoms with Gasteiger partial charge in [0, 0.05) is 22.1 Å². The summed E-state index contributed by atoms with van der Waals surface area (Å²) in [5.74, 6) is 0.924. The predicted octanol–water partition coefficient (Wildman–Crippen LogP) is 3.79. The van der Waals surface area contributed by atoms with Gasteiger partial charge in [-0.25, -0.2) is 0 Å². The number of amides is 1. The summed E-state index contributed by atoms with van der Waals surface area (Å²) in [6.45, 7) is 3.66. The van der Waals surface area contributed by atoms with Crippen LogP contribution in [0.25, 0.3) is 0 Å². The van der Waals surface area contributed by atoms with Gasteiger partial charge in [-0.2, -0.15) is 0 Å². The lowest BCUT2D eigenvalue weighted by Gasteiger charge is -2.21. The van der Waals surface area contributed by atoms with Crippen LogP contribution in [0.3, 0.4) is 0 Å². The molecule has 108 valence electrons. The van der Waals surface area contributed by atoms with Gasteiger partial charge in [-0.15, -0.1) is 0 Å². The highest BCUT2D eigenvalue weighted by atomic mass is 79.9. The van der Waals surface area contributed by atoms with Crippen LogP contribution in [-0.2, 0) is 6.54 Å². The average molecular weight is 346 g/mol. The number of para-hydroxylation sites is 1. The molecule has 1 aliphatic heterocycles. The molecule has 2 aromatic carbocycles. The van der Waals surface area contributed by atoms with Crippen molar-refractivity contribution in [1.82, 2.24) is 4.90 Å². The summed E-state index contributed by atoms with van der Waals surface area (Å²) in [5, 5.41) is 0. The molecule has 4 heteroatoms. The zero-order valence-corrected chi connectivity index (χ0v) is 13.4. The molecule has 21 heavy (non-hydrogen) atoms. The Kier molecular flexibility index (Phi) is 3.97. The molecule has 0 fully saturated rings. The second-order valence-corrected chi connectivity index (χ2v) is 6.06. The Labute approximate surface area is 132 Å². The molecule has 2 aromatic rings. The molecule has 1 heterocycles. The molecular formula is C17H16BrNO2. The van der Waals surface area contributed by atoms with Crippen LogP contribution in [-0.4, -0.2) is 24.0 Å². The maximum absolute atomic E-state index is 12.8. The standard InChI is InChI=1S/C17H16BrNO2/c1-12-6-7-14(18)10-15(12)17(20)19-8-9-21-16-5-3-2-4-13(16)11-19/h2-7,10H,8-9,11H2,1H3. The summed E-state index contributed by atoms with van der Waals surface area (Å²) in [5.41, 5.74) is 2.78. The number of hydrogen-bond donors (Lipinski definition) is 0. The zero-order chi connectivity index (χ0) is 14.8. The molecule has 0 saturated heterocycles. The normalized spacial score (nSPS) is 14.1. The summed E-state index contributed by atoms with van der Waals surface area (Å²) < 4.78 is 6.63. The van der Waals surface area contributed by atoms with Gasteiger partial charge in [0.25, 0.3) is 5.91 Å². The van der Waals surface area contributed by atoms with E-state index in [0.29, 0.717) is 19.7 Å². The highest BCUT2D eigenvalue weighted by Gasteiger charge is 2.22. The van der Waals surface area contributed by atoms with E-state index in [1.807, 2.05) is 54.3 Å². The van der Waals surface area contributed by atoms with E-state index < -0.39 is 0 Å². The molecule has 1 amide bonds. The van der Waals surface area contributed by atoms with Crippen molar-refractivity contribution in [1.29, 1.82) is 0 Å². The molecular weight excluding hydrogens is 330 g/mol. The molecule has 0 spiro atoms. The van der Waals surface area contributed by atoms with Crippen molar-refractivity contribution < 1.29 is 9.53 Å². The molecule has 0 N–H and O–H groups in total. The Morgan fingerprint density at radius 2 is 2.05 bits per heavy atom. The Morgan fingerprint density at radius 1 is 1.24 bits per heavy atom. The quantitative estimate of drug-likeness (QED) is 0.786. The predicted molar refractivity (Wildman–Crippen MR) is 85.6 cm³/mol. The number of hydrogen-bond acceptors (Lipinski definition) is 2. The Hall–Kier alpha value is -1.81. The van der Waals surface area contributed by atoms with E-state index in [0.717, 1.165) is 26.9 Å². The van der Waals surface area contributed by atoms with Gasteiger partial charge >= 0.3 is 0 Å². The summed E-state index contributed by atoms with van der Waals surface area (Å²) >= 11 is 3.43. The minimum atomic E-state index is 0.0501. The molecule has 0 radical (unpaired) electrons. The summed E-state index contributed by atoms with van der Waals surface area (Å²) in [4.78, 5) is 14.6. The molecule has 3 rings (SSSR count). The van der Waals surface area contributed by atoms with Crippen LogP contribution in [0.1, 0.15) is 21.5 Å². The minimum absolute atomic E-state index is 0.0501. The second-order valence-electron chi connectivity index (χ2n) is 5.14. The van der Waals surface area contributed by atoms with Gasteiger partial charge in [0.1, 0.15) is 12.4 Å². The number of carbonyl (C=O) groups excluding carboxylic acids is 1. The van der Waals surface area contributed by atoms with Crippen molar-refractivity contribution >= 4 is 21.8 Å². The minimum Gasteiger partial charge on any atom is -0.491 e. The van der Waals surface area contributed by atoms with E-state index in [1.165, 1.54) is 0 Å². The van der Waals surface area contributed by atoms with Gasteiger partial charge in [-0.1, -0.05) is 40.2 Å². The van der Waals surface area contributed by atoms with Crippen LogP contribution in [0.4, 0.5) is 0 Å². The number of fused-ring (bicyclic) bond motifs is 1. The van der Waals surface area contributed by atoms with Crippen LogP contribution in [0.5, 0.6) is 5.75 Å². The van der Waals surface area contributed by atoms with Crippen LogP contribution in [0.2, 0.25) is 0 Å². The fourth-order valence-electron chi connectivity index (χ4n) is 2.49. The van der Waals surface area contributed by atoms with Crippen LogP contribution < -0.4 is 4.74 Å². The molecule has 3 nitrogen and oxygen atoms in total.